The molecule has 0 bridgehead atoms. The van der Waals surface area contributed by atoms with Crippen molar-refractivity contribution in [3.8, 4) is 0 Å². The van der Waals surface area contributed by atoms with Crippen molar-refractivity contribution in [1.29, 1.82) is 0 Å². The highest BCUT2D eigenvalue weighted by Gasteiger charge is 2.34. The van der Waals surface area contributed by atoms with E-state index in [4.69, 9.17) is 11.6 Å². The highest BCUT2D eigenvalue weighted by molar-refractivity contribution is 6.30. The van der Waals surface area contributed by atoms with Crippen LogP contribution >= 0.6 is 11.6 Å². The monoisotopic (exact) mass is 384 g/mol. The van der Waals surface area contributed by atoms with E-state index >= 15 is 0 Å². The number of hydrogen-bond donors (Lipinski definition) is 2. The summed E-state index contributed by atoms with van der Waals surface area (Å²) in [5, 5.41) is 5.03. The van der Waals surface area contributed by atoms with Gasteiger partial charge in [0.05, 0.1) is 11.3 Å². The van der Waals surface area contributed by atoms with E-state index in [0.29, 0.717) is 11.3 Å². The number of alkyl halides is 3. The number of anilines is 2. The van der Waals surface area contributed by atoms with Crippen molar-refractivity contribution < 1.29 is 22.8 Å². The summed E-state index contributed by atoms with van der Waals surface area (Å²) in [7, 11) is 0. The SMILES string of the molecule is CC(=O)c1cccc(N[C@@H](C)C(=O)Nc2ccc(Cl)cc2C(F)(F)F)c1. The van der Waals surface area contributed by atoms with Crippen molar-refractivity contribution >= 4 is 34.7 Å². The fourth-order valence-corrected chi connectivity index (χ4v) is 2.42. The molecule has 0 aliphatic rings. The molecule has 0 fully saturated rings. The van der Waals surface area contributed by atoms with Crippen molar-refractivity contribution in [2.45, 2.75) is 26.1 Å². The molecule has 1 atom stereocenters. The third kappa shape index (κ3) is 4.98. The lowest BCUT2D eigenvalue weighted by Crippen LogP contribution is -2.32. The third-order valence-electron chi connectivity index (χ3n) is 3.59. The van der Waals surface area contributed by atoms with Crippen molar-refractivity contribution in [3.05, 3.63) is 58.6 Å². The standard InChI is InChI=1S/C18H16ClF3N2O2/c1-10(23-14-5-3-4-12(8-14)11(2)25)17(26)24-16-7-6-13(19)9-15(16)18(20,21)22/h3-10,23H,1-2H3,(H,24,26)/t10-/m0/s1. The first-order chi connectivity index (χ1) is 12.1. The van der Waals surface area contributed by atoms with E-state index in [9.17, 15) is 22.8 Å². The second kappa shape index (κ2) is 7.78. The van der Waals surface area contributed by atoms with Crippen molar-refractivity contribution in [3.63, 3.8) is 0 Å². The van der Waals surface area contributed by atoms with Crippen LogP contribution in [0.1, 0.15) is 29.8 Å². The van der Waals surface area contributed by atoms with Gasteiger partial charge < -0.3 is 10.6 Å². The third-order valence-corrected chi connectivity index (χ3v) is 3.83. The lowest BCUT2D eigenvalue weighted by molar-refractivity contribution is -0.137. The van der Waals surface area contributed by atoms with Crippen molar-refractivity contribution in [2.75, 3.05) is 10.6 Å². The predicted molar refractivity (Wildman–Crippen MR) is 94.6 cm³/mol. The van der Waals surface area contributed by atoms with Crippen LogP contribution in [0.3, 0.4) is 0 Å². The van der Waals surface area contributed by atoms with Gasteiger partial charge in [-0.05, 0) is 44.2 Å². The van der Waals surface area contributed by atoms with E-state index in [0.717, 1.165) is 12.1 Å². The Kier molecular flexibility index (Phi) is 5.92. The molecule has 0 spiro atoms. The molecule has 26 heavy (non-hydrogen) atoms. The predicted octanol–water partition coefficient (Wildman–Crippen LogP) is 5.00. The minimum Gasteiger partial charge on any atom is -0.374 e. The molecule has 0 saturated carbocycles. The minimum absolute atomic E-state index is 0.0810. The molecular formula is C18H16ClF3N2O2. The Balaban J connectivity index is 2.15. The van der Waals surface area contributed by atoms with Crippen LogP contribution in [0.5, 0.6) is 0 Å². The summed E-state index contributed by atoms with van der Waals surface area (Å²) in [6, 6.07) is 8.77. The zero-order valence-corrected chi connectivity index (χ0v) is 14.7. The summed E-state index contributed by atoms with van der Waals surface area (Å²) in [6.45, 7) is 2.91. The number of carbonyl (C=O) groups excluding carboxylic acids is 2. The Morgan fingerprint density at radius 3 is 2.42 bits per heavy atom. The molecule has 2 aromatic carbocycles. The number of carbonyl (C=O) groups is 2. The molecule has 1 amide bonds. The highest BCUT2D eigenvalue weighted by atomic mass is 35.5. The molecule has 0 unspecified atom stereocenters. The van der Waals surface area contributed by atoms with Gasteiger partial charge in [-0.1, -0.05) is 23.7 Å². The molecule has 0 aliphatic heterocycles. The molecule has 0 aliphatic carbocycles. The molecule has 0 radical (unpaired) electrons. The van der Waals surface area contributed by atoms with Crippen molar-refractivity contribution in [1.82, 2.24) is 0 Å². The average Bonchev–Trinajstić information content (AvgIpc) is 2.55. The largest absolute Gasteiger partial charge is 0.418 e. The molecule has 0 heterocycles. The van der Waals surface area contributed by atoms with Crippen LogP contribution < -0.4 is 10.6 Å². The lowest BCUT2D eigenvalue weighted by Gasteiger charge is -2.18. The van der Waals surface area contributed by atoms with E-state index in [2.05, 4.69) is 10.6 Å². The summed E-state index contributed by atoms with van der Waals surface area (Å²) < 4.78 is 39.3. The number of Topliss-reactive ketones (excluding diaryl/α,β-unsaturated/α-hetero) is 1. The lowest BCUT2D eigenvalue weighted by atomic mass is 10.1. The quantitative estimate of drug-likeness (QED) is 0.713. The van der Waals surface area contributed by atoms with Gasteiger partial charge in [0.2, 0.25) is 5.91 Å². The summed E-state index contributed by atoms with van der Waals surface area (Å²) in [5.41, 5.74) is -0.436. The topological polar surface area (TPSA) is 58.2 Å². The van der Waals surface area contributed by atoms with Gasteiger partial charge in [0.1, 0.15) is 6.04 Å². The smallest absolute Gasteiger partial charge is 0.374 e. The Hall–Kier alpha value is -2.54. The van der Waals surface area contributed by atoms with Crippen LogP contribution in [0, 0.1) is 0 Å². The fraction of sp³-hybridized carbons (Fsp3) is 0.222. The first-order valence-electron chi connectivity index (χ1n) is 7.63. The number of hydrogen-bond acceptors (Lipinski definition) is 3. The van der Waals surface area contributed by atoms with Gasteiger partial charge in [-0.25, -0.2) is 0 Å². The van der Waals surface area contributed by atoms with E-state index in [-0.39, 0.29) is 16.5 Å². The van der Waals surface area contributed by atoms with Crippen LogP contribution in [0.25, 0.3) is 0 Å². The maximum Gasteiger partial charge on any atom is 0.418 e. The fourth-order valence-electron chi connectivity index (χ4n) is 2.24. The molecule has 138 valence electrons. The molecule has 0 aromatic heterocycles. The Labute approximate surface area is 153 Å². The minimum atomic E-state index is -4.65. The first kappa shape index (κ1) is 19.8. The second-order valence-corrected chi connectivity index (χ2v) is 6.12. The zero-order chi connectivity index (χ0) is 19.5. The zero-order valence-electron chi connectivity index (χ0n) is 13.9. The van der Waals surface area contributed by atoms with Gasteiger partial charge in [-0.15, -0.1) is 0 Å². The molecule has 4 nitrogen and oxygen atoms in total. The van der Waals surface area contributed by atoms with Crippen LogP contribution in [0.2, 0.25) is 5.02 Å². The molecule has 0 saturated heterocycles. The Morgan fingerprint density at radius 2 is 1.81 bits per heavy atom. The summed E-state index contributed by atoms with van der Waals surface area (Å²) in [5.74, 6) is -0.798. The number of benzene rings is 2. The van der Waals surface area contributed by atoms with Crippen LogP contribution in [-0.2, 0) is 11.0 Å². The Morgan fingerprint density at radius 1 is 1.12 bits per heavy atom. The van der Waals surface area contributed by atoms with Gasteiger partial charge in [-0.2, -0.15) is 13.2 Å². The molecule has 8 heteroatoms. The summed E-state index contributed by atoms with van der Waals surface area (Å²) >= 11 is 5.62. The molecule has 2 rings (SSSR count). The number of ketones is 1. The van der Waals surface area contributed by atoms with Gasteiger partial charge in [0.15, 0.2) is 5.78 Å². The van der Waals surface area contributed by atoms with Crippen molar-refractivity contribution in [2.24, 2.45) is 0 Å². The molecular weight excluding hydrogens is 369 g/mol. The van der Waals surface area contributed by atoms with Crippen LogP contribution in [-0.4, -0.2) is 17.7 Å². The number of halogens is 4. The molecule has 2 aromatic rings. The van der Waals surface area contributed by atoms with Gasteiger partial charge in [-0.3, -0.25) is 9.59 Å². The maximum atomic E-state index is 13.1. The number of amides is 1. The van der Waals surface area contributed by atoms with Gasteiger partial charge >= 0.3 is 6.18 Å². The first-order valence-corrected chi connectivity index (χ1v) is 8.01. The maximum absolute atomic E-state index is 13.1. The molecule has 2 N–H and O–H groups in total. The summed E-state index contributed by atoms with van der Waals surface area (Å²) in [6.07, 6.45) is -4.65. The van der Waals surface area contributed by atoms with Crippen LogP contribution in [0.4, 0.5) is 24.5 Å². The average molecular weight is 385 g/mol. The van der Waals surface area contributed by atoms with Gasteiger partial charge in [0.25, 0.3) is 0 Å². The van der Waals surface area contributed by atoms with Gasteiger partial charge in [0, 0.05) is 16.3 Å². The van der Waals surface area contributed by atoms with E-state index in [1.54, 1.807) is 24.3 Å². The van der Waals surface area contributed by atoms with Crippen LogP contribution in [0.15, 0.2) is 42.5 Å². The number of nitrogens with one attached hydrogen (secondary N) is 2. The van der Waals surface area contributed by atoms with E-state index in [1.807, 2.05) is 0 Å². The Bertz CT molecular complexity index is 837. The second-order valence-electron chi connectivity index (χ2n) is 5.68. The normalized spacial score (nSPS) is 12.4. The van der Waals surface area contributed by atoms with E-state index in [1.165, 1.54) is 19.9 Å². The van der Waals surface area contributed by atoms with E-state index < -0.39 is 23.7 Å². The number of rotatable bonds is 5. The highest BCUT2D eigenvalue weighted by Crippen LogP contribution is 2.36. The summed E-state index contributed by atoms with van der Waals surface area (Å²) in [4.78, 5) is 23.7.